The van der Waals surface area contributed by atoms with Crippen molar-refractivity contribution in [3.8, 4) is 17.3 Å². The summed E-state index contributed by atoms with van der Waals surface area (Å²) in [6.45, 7) is 6.66. The second-order valence-corrected chi connectivity index (χ2v) is 9.30. The third-order valence-corrected chi connectivity index (χ3v) is 6.05. The number of para-hydroxylation sites is 1. The van der Waals surface area contributed by atoms with Crippen LogP contribution in [0.1, 0.15) is 34.8 Å². The van der Waals surface area contributed by atoms with Gasteiger partial charge in [-0.2, -0.15) is 5.10 Å². The van der Waals surface area contributed by atoms with Crippen molar-refractivity contribution in [3.05, 3.63) is 93.8 Å². The lowest BCUT2D eigenvalue weighted by molar-refractivity contribution is 0.0726. The Morgan fingerprint density at radius 1 is 1.12 bits per heavy atom. The number of halogens is 2. The van der Waals surface area contributed by atoms with E-state index in [0.717, 1.165) is 17.8 Å². The van der Waals surface area contributed by atoms with Crippen molar-refractivity contribution >= 4 is 17.2 Å². The van der Waals surface area contributed by atoms with Crippen molar-refractivity contribution in [2.24, 2.45) is 5.92 Å². The van der Waals surface area contributed by atoms with E-state index in [9.17, 15) is 13.6 Å². The Kier molecular flexibility index (Phi) is 7.07. The van der Waals surface area contributed by atoms with E-state index in [0.29, 0.717) is 22.7 Å². The number of aryl methyl sites for hydroxylation is 1. The van der Waals surface area contributed by atoms with Crippen LogP contribution in [-0.4, -0.2) is 27.1 Å². The summed E-state index contributed by atoms with van der Waals surface area (Å²) < 4.78 is 35.6. The molecule has 0 aliphatic rings. The first-order chi connectivity index (χ1) is 16.3. The van der Waals surface area contributed by atoms with E-state index < -0.39 is 11.6 Å². The fourth-order valence-corrected chi connectivity index (χ4v) is 4.33. The van der Waals surface area contributed by atoms with E-state index >= 15 is 0 Å². The second-order valence-electron chi connectivity index (χ2n) is 8.35. The molecule has 2 heterocycles. The van der Waals surface area contributed by atoms with Crippen molar-refractivity contribution in [1.29, 1.82) is 0 Å². The Bertz CT molecular complexity index is 1270. The van der Waals surface area contributed by atoms with Gasteiger partial charge >= 0.3 is 0 Å². The number of thiophene rings is 1. The minimum absolute atomic E-state index is 0.0885. The van der Waals surface area contributed by atoms with Crippen molar-refractivity contribution < 1.29 is 18.3 Å². The lowest BCUT2D eigenvalue weighted by atomic mass is 10.1. The average Bonchev–Trinajstić information content (AvgIpc) is 3.44. The number of benzene rings is 2. The van der Waals surface area contributed by atoms with Gasteiger partial charge in [-0.15, -0.1) is 11.3 Å². The molecule has 34 heavy (non-hydrogen) atoms. The molecule has 0 bridgehead atoms. The van der Waals surface area contributed by atoms with E-state index in [1.165, 1.54) is 17.4 Å². The number of aromatic nitrogens is 2. The number of hydrogen-bond donors (Lipinski definition) is 0. The van der Waals surface area contributed by atoms with Crippen molar-refractivity contribution in [3.63, 3.8) is 0 Å². The number of rotatable bonds is 8. The molecule has 0 fully saturated rings. The Balaban J connectivity index is 1.79. The molecule has 8 heteroatoms. The summed E-state index contributed by atoms with van der Waals surface area (Å²) in [5.74, 6) is -1.22. The molecule has 176 valence electrons. The molecule has 0 N–H and O–H groups in total. The lowest BCUT2D eigenvalue weighted by Crippen LogP contribution is -2.33. The monoisotopic (exact) mass is 481 g/mol. The molecular formula is C26H25F2N3O2S. The highest BCUT2D eigenvalue weighted by Gasteiger charge is 2.26. The van der Waals surface area contributed by atoms with Crippen LogP contribution in [0.2, 0.25) is 0 Å². The molecule has 1 amide bonds. The highest BCUT2D eigenvalue weighted by atomic mass is 32.1. The van der Waals surface area contributed by atoms with Crippen LogP contribution in [-0.2, 0) is 6.54 Å². The highest BCUT2D eigenvalue weighted by molar-refractivity contribution is 7.12. The smallest absolute Gasteiger partial charge is 0.264 e. The SMILES string of the molecule is Cc1nn(-c2ccccc2)c(Oc2ccc(F)cc2F)c1CN(CC(C)C)C(=O)c1cccs1. The molecule has 0 aliphatic heterocycles. The minimum atomic E-state index is -0.821. The van der Waals surface area contributed by atoms with Gasteiger partial charge in [-0.05, 0) is 48.6 Å². The fourth-order valence-electron chi connectivity index (χ4n) is 3.64. The van der Waals surface area contributed by atoms with Gasteiger partial charge in [0.2, 0.25) is 5.88 Å². The molecule has 4 rings (SSSR count). The van der Waals surface area contributed by atoms with Crippen LogP contribution in [0.3, 0.4) is 0 Å². The van der Waals surface area contributed by atoms with Gasteiger partial charge in [-0.3, -0.25) is 4.79 Å². The summed E-state index contributed by atoms with van der Waals surface area (Å²) in [5.41, 5.74) is 2.02. The predicted molar refractivity (Wildman–Crippen MR) is 129 cm³/mol. The van der Waals surface area contributed by atoms with Crippen LogP contribution in [0, 0.1) is 24.5 Å². The topological polar surface area (TPSA) is 47.4 Å². The average molecular weight is 482 g/mol. The summed E-state index contributed by atoms with van der Waals surface area (Å²) in [4.78, 5) is 15.7. The van der Waals surface area contributed by atoms with Gasteiger partial charge < -0.3 is 9.64 Å². The fraction of sp³-hybridized carbons (Fsp3) is 0.231. The Hall–Kier alpha value is -3.52. The van der Waals surface area contributed by atoms with Crippen LogP contribution in [0.4, 0.5) is 8.78 Å². The van der Waals surface area contributed by atoms with Crippen LogP contribution in [0.25, 0.3) is 5.69 Å². The van der Waals surface area contributed by atoms with Crippen LogP contribution >= 0.6 is 11.3 Å². The molecule has 0 saturated heterocycles. The Labute approximate surface area is 201 Å². The van der Waals surface area contributed by atoms with E-state index in [1.54, 1.807) is 15.6 Å². The number of nitrogens with zero attached hydrogens (tertiary/aromatic N) is 3. The second kappa shape index (κ2) is 10.2. The van der Waals surface area contributed by atoms with Crippen molar-refractivity contribution in [2.45, 2.75) is 27.3 Å². The zero-order valence-electron chi connectivity index (χ0n) is 19.2. The number of hydrogen-bond acceptors (Lipinski definition) is 4. The third kappa shape index (κ3) is 5.17. The maximum absolute atomic E-state index is 14.5. The molecule has 2 aromatic heterocycles. The zero-order chi connectivity index (χ0) is 24.2. The maximum atomic E-state index is 14.5. The molecule has 0 aliphatic carbocycles. The van der Waals surface area contributed by atoms with Crippen LogP contribution in [0.5, 0.6) is 11.6 Å². The van der Waals surface area contributed by atoms with E-state index in [2.05, 4.69) is 5.10 Å². The van der Waals surface area contributed by atoms with E-state index in [4.69, 9.17) is 4.74 Å². The van der Waals surface area contributed by atoms with Gasteiger partial charge in [-0.1, -0.05) is 38.1 Å². The summed E-state index contributed by atoms with van der Waals surface area (Å²) in [6, 6.07) is 16.1. The summed E-state index contributed by atoms with van der Waals surface area (Å²) >= 11 is 1.39. The van der Waals surface area contributed by atoms with Gasteiger partial charge in [0.05, 0.1) is 28.4 Å². The van der Waals surface area contributed by atoms with Gasteiger partial charge in [0, 0.05) is 12.6 Å². The van der Waals surface area contributed by atoms with Gasteiger partial charge in [-0.25, -0.2) is 13.5 Å². The normalized spacial score (nSPS) is 11.1. The molecular weight excluding hydrogens is 456 g/mol. The first kappa shape index (κ1) is 23.6. The third-order valence-electron chi connectivity index (χ3n) is 5.19. The van der Waals surface area contributed by atoms with Gasteiger partial charge in [0.25, 0.3) is 5.91 Å². The minimum Gasteiger partial charge on any atom is -0.435 e. The number of ether oxygens (including phenoxy) is 1. The predicted octanol–water partition coefficient (Wildman–Crippen LogP) is 6.61. The molecule has 0 saturated carbocycles. The largest absolute Gasteiger partial charge is 0.435 e. The van der Waals surface area contributed by atoms with Crippen molar-refractivity contribution in [1.82, 2.24) is 14.7 Å². The number of carbonyl (C=O) groups excluding carboxylic acids is 1. The van der Waals surface area contributed by atoms with Gasteiger partial charge in [0.1, 0.15) is 5.82 Å². The molecule has 0 atom stereocenters. The quantitative estimate of drug-likeness (QED) is 0.284. The standard InChI is InChI=1S/C26H25F2N3O2S/c1-17(2)15-30(25(32)24-10-7-13-34-24)16-21-18(3)29-31(20-8-5-4-6-9-20)26(21)33-23-12-11-19(27)14-22(23)28/h4-14,17H,15-16H2,1-3H3. The van der Waals surface area contributed by atoms with Gasteiger partial charge in [0.15, 0.2) is 11.6 Å². The first-order valence-corrected chi connectivity index (χ1v) is 11.8. The first-order valence-electron chi connectivity index (χ1n) is 10.9. The molecule has 2 aromatic carbocycles. The van der Waals surface area contributed by atoms with E-state index in [-0.39, 0.29) is 30.0 Å². The van der Waals surface area contributed by atoms with Crippen LogP contribution < -0.4 is 4.74 Å². The molecule has 0 radical (unpaired) electrons. The number of carbonyl (C=O) groups is 1. The lowest BCUT2D eigenvalue weighted by Gasteiger charge is -2.24. The summed E-state index contributed by atoms with van der Waals surface area (Å²) in [7, 11) is 0. The summed E-state index contributed by atoms with van der Waals surface area (Å²) in [6.07, 6.45) is 0. The molecule has 0 spiro atoms. The van der Waals surface area contributed by atoms with E-state index in [1.807, 2.05) is 62.5 Å². The zero-order valence-corrected chi connectivity index (χ0v) is 20.0. The Morgan fingerprint density at radius 2 is 1.88 bits per heavy atom. The number of amides is 1. The molecule has 5 nitrogen and oxygen atoms in total. The Morgan fingerprint density at radius 3 is 2.53 bits per heavy atom. The molecule has 0 unspecified atom stereocenters. The maximum Gasteiger partial charge on any atom is 0.264 e. The van der Waals surface area contributed by atoms with Crippen LogP contribution in [0.15, 0.2) is 66.0 Å². The highest BCUT2D eigenvalue weighted by Crippen LogP contribution is 2.33. The molecule has 4 aromatic rings. The van der Waals surface area contributed by atoms with Crippen molar-refractivity contribution in [2.75, 3.05) is 6.54 Å². The summed E-state index contributed by atoms with van der Waals surface area (Å²) in [5, 5.41) is 6.50.